The van der Waals surface area contributed by atoms with Crippen LogP contribution in [0.3, 0.4) is 0 Å². The van der Waals surface area contributed by atoms with Gasteiger partial charge in [-0.15, -0.1) is 0 Å². The van der Waals surface area contributed by atoms with E-state index in [9.17, 15) is 4.79 Å². The zero-order chi connectivity index (χ0) is 18.0. The largest absolute Gasteiger partial charge is 0.340 e. The first-order valence-electron chi connectivity index (χ1n) is 8.61. The molecule has 2 aromatic heterocycles. The Morgan fingerprint density at radius 3 is 2.52 bits per heavy atom. The molecule has 0 bridgehead atoms. The molecule has 3 rings (SSSR count). The molecule has 0 atom stereocenters. The van der Waals surface area contributed by atoms with Gasteiger partial charge in [0.15, 0.2) is 0 Å². The Morgan fingerprint density at radius 2 is 1.96 bits per heavy atom. The van der Waals surface area contributed by atoms with E-state index in [1.807, 2.05) is 47.6 Å². The molecule has 3 heterocycles. The maximum absolute atomic E-state index is 12.5. The van der Waals surface area contributed by atoms with Gasteiger partial charge in [0.1, 0.15) is 0 Å². The first-order valence-corrected chi connectivity index (χ1v) is 8.99. The van der Waals surface area contributed by atoms with Gasteiger partial charge in [0, 0.05) is 58.0 Å². The number of hydrogen-bond donors (Lipinski definition) is 0. The molecule has 0 radical (unpaired) electrons. The zero-order valence-electron chi connectivity index (χ0n) is 15.1. The lowest BCUT2D eigenvalue weighted by molar-refractivity contribution is -0.133. The van der Waals surface area contributed by atoms with Crippen LogP contribution in [0, 0.1) is 13.8 Å². The topological polar surface area (TPSA) is 59.2 Å². The molecular weight excluding hydrogens is 340 g/mol. The summed E-state index contributed by atoms with van der Waals surface area (Å²) in [5.41, 5.74) is 2.95. The van der Waals surface area contributed by atoms with Gasteiger partial charge in [-0.3, -0.25) is 19.1 Å². The molecule has 8 heteroatoms. The summed E-state index contributed by atoms with van der Waals surface area (Å²) < 4.78 is 3.65. The minimum absolute atomic E-state index is 0.185. The van der Waals surface area contributed by atoms with Crippen LogP contribution < -0.4 is 0 Å². The van der Waals surface area contributed by atoms with Crippen LogP contribution in [0.15, 0.2) is 12.4 Å². The molecule has 0 saturated carbocycles. The Labute approximate surface area is 153 Å². The van der Waals surface area contributed by atoms with Crippen molar-refractivity contribution in [3.63, 3.8) is 0 Å². The normalized spacial score (nSPS) is 15.8. The second-order valence-electron chi connectivity index (χ2n) is 6.64. The number of rotatable bonds is 5. The molecular formula is C17H25ClN6O. The molecule has 0 unspecified atom stereocenters. The van der Waals surface area contributed by atoms with Crippen LogP contribution in [0.2, 0.25) is 5.02 Å². The predicted molar refractivity (Wildman–Crippen MR) is 96.4 cm³/mol. The third-order valence-corrected chi connectivity index (χ3v) is 5.27. The fourth-order valence-corrected chi connectivity index (χ4v) is 3.35. The standard InChI is InChI=1S/C17H25ClN6O/c1-13-17(18)14(2)24(20-13)5-4-16(25)23-8-6-22(7-9-23)12-15-10-19-21(3)11-15/h10-11H,4-9,12H2,1-3H3. The Bertz CT molecular complexity index is 744. The summed E-state index contributed by atoms with van der Waals surface area (Å²) in [5.74, 6) is 0.185. The molecule has 136 valence electrons. The minimum atomic E-state index is 0.185. The highest BCUT2D eigenvalue weighted by atomic mass is 35.5. The van der Waals surface area contributed by atoms with E-state index in [0.29, 0.717) is 18.0 Å². The molecule has 2 aromatic rings. The number of piperazine rings is 1. The first kappa shape index (κ1) is 17.9. The molecule has 7 nitrogen and oxygen atoms in total. The van der Waals surface area contributed by atoms with Gasteiger partial charge in [-0.1, -0.05) is 11.6 Å². The number of carbonyl (C=O) groups is 1. The Morgan fingerprint density at radius 1 is 1.24 bits per heavy atom. The van der Waals surface area contributed by atoms with Crippen molar-refractivity contribution in [3.05, 3.63) is 34.4 Å². The van der Waals surface area contributed by atoms with E-state index in [2.05, 4.69) is 15.1 Å². The van der Waals surface area contributed by atoms with Crippen LogP contribution in [-0.2, 0) is 24.9 Å². The highest BCUT2D eigenvalue weighted by molar-refractivity contribution is 6.31. The van der Waals surface area contributed by atoms with Crippen molar-refractivity contribution in [2.24, 2.45) is 7.05 Å². The quantitative estimate of drug-likeness (QED) is 0.809. The lowest BCUT2D eigenvalue weighted by atomic mass is 10.2. The molecule has 25 heavy (non-hydrogen) atoms. The third kappa shape index (κ3) is 4.22. The van der Waals surface area contributed by atoms with Crippen molar-refractivity contribution < 1.29 is 4.79 Å². The number of hydrogen-bond acceptors (Lipinski definition) is 4. The molecule has 1 aliphatic heterocycles. The smallest absolute Gasteiger partial charge is 0.224 e. The monoisotopic (exact) mass is 364 g/mol. The first-order chi connectivity index (χ1) is 11.9. The van der Waals surface area contributed by atoms with Crippen LogP contribution >= 0.6 is 11.6 Å². The van der Waals surface area contributed by atoms with Crippen molar-refractivity contribution in [2.75, 3.05) is 26.2 Å². The summed E-state index contributed by atoms with van der Waals surface area (Å²) in [5, 5.41) is 9.28. The Balaban J connectivity index is 1.45. The van der Waals surface area contributed by atoms with Gasteiger partial charge in [-0.25, -0.2) is 0 Å². The Hall–Kier alpha value is -1.86. The van der Waals surface area contributed by atoms with E-state index in [1.165, 1.54) is 5.56 Å². The molecule has 1 fully saturated rings. The minimum Gasteiger partial charge on any atom is -0.340 e. The number of halogens is 1. The molecule has 1 aliphatic rings. The zero-order valence-corrected chi connectivity index (χ0v) is 15.8. The van der Waals surface area contributed by atoms with Crippen LogP contribution in [0.1, 0.15) is 23.4 Å². The summed E-state index contributed by atoms with van der Waals surface area (Å²) in [6, 6.07) is 0. The van der Waals surface area contributed by atoms with Gasteiger partial charge in [-0.2, -0.15) is 10.2 Å². The SMILES string of the molecule is Cc1nn(CCC(=O)N2CCN(Cc3cnn(C)c3)CC2)c(C)c1Cl. The van der Waals surface area contributed by atoms with Crippen LogP contribution in [0.25, 0.3) is 0 Å². The average molecular weight is 365 g/mol. The van der Waals surface area contributed by atoms with E-state index in [-0.39, 0.29) is 5.91 Å². The maximum Gasteiger partial charge on any atom is 0.224 e. The fraction of sp³-hybridized carbons (Fsp3) is 0.588. The van der Waals surface area contributed by atoms with Gasteiger partial charge < -0.3 is 4.90 Å². The number of nitrogens with zero attached hydrogens (tertiary/aromatic N) is 6. The van der Waals surface area contributed by atoms with Gasteiger partial charge in [-0.05, 0) is 13.8 Å². The third-order valence-electron chi connectivity index (χ3n) is 4.72. The summed E-state index contributed by atoms with van der Waals surface area (Å²) in [6.45, 7) is 8.63. The molecule has 1 amide bonds. The van der Waals surface area contributed by atoms with Gasteiger partial charge in [0.05, 0.1) is 29.2 Å². The van der Waals surface area contributed by atoms with E-state index in [0.717, 1.165) is 44.1 Å². The molecule has 0 spiro atoms. The predicted octanol–water partition coefficient (Wildman–Crippen LogP) is 1.62. The lowest BCUT2D eigenvalue weighted by Crippen LogP contribution is -2.48. The van der Waals surface area contributed by atoms with Gasteiger partial charge >= 0.3 is 0 Å². The highest BCUT2D eigenvalue weighted by Crippen LogP contribution is 2.19. The van der Waals surface area contributed by atoms with Crippen molar-refractivity contribution >= 4 is 17.5 Å². The molecule has 0 N–H and O–H groups in total. The van der Waals surface area contributed by atoms with E-state index in [1.54, 1.807) is 0 Å². The second kappa shape index (κ2) is 7.58. The highest BCUT2D eigenvalue weighted by Gasteiger charge is 2.21. The Kier molecular flexibility index (Phi) is 5.44. The molecule has 0 aromatic carbocycles. The summed E-state index contributed by atoms with van der Waals surface area (Å²) in [4.78, 5) is 16.8. The average Bonchev–Trinajstić information content (AvgIpc) is 3.11. The second-order valence-corrected chi connectivity index (χ2v) is 7.02. The number of carbonyl (C=O) groups excluding carboxylic acids is 1. The fourth-order valence-electron chi connectivity index (χ4n) is 3.22. The van der Waals surface area contributed by atoms with E-state index >= 15 is 0 Å². The number of aromatic nitrogens is 4. The van der Waals surface area contributed by atoms with Crippen LogP contribution in [-0.4, -0.2) is 61.4 Å². The van der Waals surface area contributed by atoms with Gasteiger partial charge in [0.2, 0.25) is 5.91 Å². The van der Waals surface area contributed by atoms with E-state index in [4.69, 9.17) is 11.6 Å². The summed E-state index contributed by atoms with van der Waals surface area (Å²) in [6.07, 6.45) is 4.40. The maximum atomic E-state index is 12.5. The van der Waals surface area contributed by atoms with Crippen LogP contribution in [0.5, 0.6) is 0 Å². The molecule has 1 saturated heterocycles. The van der Waals surface area contributed by atoms with Crippen molar-refractivity contribution in [1.29, 1.82) is 0 Å². The van der Waals surface area contributed by atoms with Crippen molar-refractivity contribution in [1.82, 2.24) is 29.4 Å². The lowest BCUT2D eigenvalue weighted by Gasteiger charge is -2.34. The number of aryl methyl sites for hydroxylation is 3. The summed E-state index contributed by atoms with van der Waals surface area (Å²) >= 11 is 6.16. The van der Waals surface area contributed by atoms with Crippen molar-refractivity contribution in [3.8, 4) is 0 Å². The van der Waals surface area contributed by atoms with Crippen LogP contribution in [0.4, 0.5) is 0 Å². The summed E-state index contributed by atoms with van der Waals surface area (Å²) in [7, 11) is 1.93. The van der Waals surface area contributed by atoms with E-state index < -0.39 is 0 Å². The van der Waals surface area contributed by atoms with Gasteiger partial charge in [0.25, 0.3) is 0 Å². The van der Waals surface area contributed by atoms with Crippen molar-refractivity contribution in [2.45, 2.75) is 33.4 Å². The number of amides is 1. The molecule has 0 aliphatic carbocycles.